The molecule has 5 nitrogen and oxygen atoms in total. The van der Waals surface area contributed by atoms with E-state index in [1.54, 1.807) is 6.07 Å². The van der Waals surface area contributed by atoms with Crippen LogP contribution < -0.4 is 5.32 Å². The van der Waals surface area contributed by atoms with Crippen molar-refractivity contribution >= 4 is 32.6 Å². The van der Waals surface area contributed by atoms with Crippen molar-refractivity contribution in [3.8, 4) is 0 Å². The van der Waals surface area contributed by atoms with Gasteiger partial charge in [0.1, 0.15) is 0 Å². The van der Waals surface area contributed by atoms with E-state index < -0.39 is 17.5 Å². The molecule has 3 aromatic rings. The van der Waals surface area contributed by atoms with Gasteiger partial charge in [-0.1, -0.05) is 25.2 Å². The third-order valence-electron chi connectivity index (χ3n) is 3.85. The summed E-state index contributed by atoms with van der Waals surface area (Å²) in [5, 5.41) is 7.38. The standard InChI is InChI=1S/C18H20F2N4OS/c1-9(2)14-8-13(23-24(14)18(3,4)5)16(25)22-17-21-12-6-10(19)11(20)7-15(12)26-17/h6-9H,1-5H3,(H,21,22,25). The van der Waals surface area contributed by atoms with Crippen LogP contribution in [0, 0.1) is 11.6 Å². The van der Waals surface area contributed by atoms with Crippen LogP contribution in [0.3, 0.4) is 0 Å². The quantitative estimate of drug-likeness (QED) is 0.705. The number of carbonyl (C=O) groups excluding carboxylic acids is 1. The molecule has 1 amide bonds. The Labute approximate surface area is 154 Å². The molecule has 0 atom stereocenters. The average molecular weight is 378 g/mol. The van der Waals surface area contributed by atoms with Crippen molar-refractivity contribution in [1.82, 2.24) is 14.8 Å². The minimum Gasteiger partial charge on any atom is -0.296 e. The van der Waals surface area contributed by atoms with Gasteiger partial charge in [-0.15, -0.1) is 0 Å². The van der Waals surface area contributed by atoms with Crippen LogP contribution in [0.2, 0.25) is 0 Å². The lowest BCUT2D eigenvalue weighted by Gasteiger charge is -2.23. The van der Waals surface area contributed by atoms with E-state index in [1.807, 2.05) is 39.3 Å². The lowest BCUT2D eigenvalue weighted by Crippen LogP contribution is -2.26. The smallest absolute Gasteiger partial charge is 0.277 e. The van der Waals surface area contributed by atoms with Gasteiger partial charge in [-0.2, -0.15) is 5.10 Å². The maximum atomic E-state index is 13.3. The number of thiazole rings is 1. The van der Waals surface area contributed by atoms with E-state index in [0.717, 1.165) is 29.2 Å². The highest BCUT2D eigenvalue weighted by Gasteiger charge is 2.24. The van der Waals surface area contributed by atoms with Crippen molar-refractivity contribution in [2.24, 2.45) is 0 Å². The van der Waals surface area contributed by atoms with Crippen LogP contribution in [0.25, 0.3) is 10.2 Å². The van der Waals surface area contributed by atoms with Crippen LogP contribution in [-0.2, 0) is 5.54 Å². The first-order valence-electron chi connectivity index (χ1n) is 8.23. The molecule has 0 saturated carbocycles. The number of carbonyl (C=O) groups is 1. The molecule has 0 aliphatic rings. The second-order valence-corrected chi connectivity index (χ2v) is 8.43. The minimum atomic E-state index is -0.967. The molecule has 0 radical (unpaired) electrons. The molecule has 1 aromatic carbocycles. The number of nitrogens with zero attached hydrogens (tertiary/aromatic N) is 3. The summed E-state index contributed by atoms with van der Waals surface area (Å²) in [4.78, 5) is 16.7. The third-order valence-corrected chi connectivity index (χ3v) is 4.78. The first-order valence-corrected chi connectivity index (χ1v) is 9.05. The highest BCUT2D eigenvalue weighted by molar-refractivity contribution is 7.22. The lowest BCUT2D eigenvalue weighted by molar-refractivity contribution is 0.102. The highest BCUT2D eigenvalue weighted by Crippen LogP contribution is 2.29. The number of aromatic nitrogens is 3. The van der Waals surface area contributed by atoms with E-state index in [2.05, 4.69) is 15.4 Å². The van der Waals surface area contributed by atoms with Crippen molar-refractivity contribution in [3.05, 3.63) is 41.2 Å². The van der Waals surface area contributed by atoms with E-state index in [0.29, 0.717) is 10.2 Å². The second-order valence-electron chi connectivity index (χ2n) is 7.40. The van der Waals surface area contributed by atoms with E-state index in [1.165, 1.54) is 0 Å². The number of amides is 1. The fourth-order valence-electron chi connectivity index (χ4n) is 2.59. The SMILES string of the molecule is CC(C)c1cc(C(=O)Nc2nc3cc(F)c(F)cc3s2)nn1C(C)(C)C. The fraction of sp³-hybridized carbons (Fsp3) is 0.389. The Morgan fingerprint density at radius 2 is 1.85 bits per heavy atom. The van der Waals surface area contributed by atoms with E-state index in [4.69, 9.17) is 0 Å². The van der Waals surface area contributed by atoms with Crippen LogP contribution in [0.1, 0.15) is 56.7 Å². The van der Waals surface area contributed by atoms with Crippen molar-refractivity contribution in [1.29, 1.82) is 0 Å². The minimum absolute atomic E-state index is 0.205. The van der Waals surface area contributed by atoms with Crippen LogP contribution in [0.5, 0.6) is 0 Å². The van der Waals surface area contributed by atoms with E-state index in [-0.39, 0.29) is 22.3 Å². The highest BCUT2D eigenvalue weighted by atomic mass is 32.1. The molecule has 3 rings (SSSR count). The molecule has 0 aliphatic carbocycles. The number of rotatable bonds is 3. The topological polar surface area (TPSA) is 59.8 Å². The normalized spacial score (nSPS) is 12.2. The number of anilines is 1. The molecule has 0 saturated heterocycles. The summed E-state index contributed by atoms with van der Waals surface area (Å²) in [6.07, 6.45) is 0. The van der Waals surface area contributed by atoms with Gasteiger partial charge >= 0.3 is 0 Å². The summed E-state index contributed by atoms with van der Waals surface area (Å²) < 4.78 is 28.9. The molecular formula is C18H20F2N4OS. The molecule has 0 spiro atoms. The van der Waals surface area contributed by atoms with Crippen molar-refractivity contribution in [2.45, 2.75) is 46.1 Å². The maximum absolute atomic E-state index is 13.3. The molecule has 1 N–H and O–H groups in total. The van der Waals surface area contributed by atoms with Crippen LogP contribution >= 0.6 is 11.3 Å². The monoisotopic (exact) mass is 378 g/mol. The number of benzene rings is 1. The molecule has 138 valence electrons. The fourth-order valence-corrected chi connectivity index (χ4v) is 3.46. The van der Waals surface area contributed by atoms with Crippen molar-refractivity contribution < 1.29 is 13.6 Å². The first-order chi connectivity index (χ1) is 12.1. The molecular weight excluding hydrogens is 358 g/mol. The zero-order valence-electron chi connectivity index (χ0n) is 15.2. The van der Waals surface area contributed by atoms with E-state index in [9.17, 15) is 13.6 Å². The number of halogens is 2. The predicted octanol–water partition coefficient (Wildman–Crippen LogP) is 4.90. The zero-order valence-corrected chi connectivity index (χ0v) is 16.0. The Kier molecular flexibility index (Phi) is 4.56. The van der Waals surface area contributed by atoms with Gasteiger partial charge in [0.05, 0.1) is 15.8 Å². The van der Waals surface area contributed by atoms with Gasteiger partial charge in [-0.3, -0.25) is 14.8 Å². The van der Waals surface area contributed by atoms with Crippen molar-refractivity contribution in [2.75, 3.05) is 5.32 Å². The zero-order chi connectivity index (χ0) is 19.2. The van der Waals surface area contributed by atoms with Gasteiger partial charge in [0, 0.05) is 11.8 Å². The molecule has 2 heterocycles. The Balaban J connectivity index is 1.91. The second kappa shape index (κ2) is 6.42. The molecule has 26 heavy (non-hydrogen) atoms. The van der Waals surface area contributed by atoms with Crippen LogP contribution in [0.4, 0.5) is 13.9 Å². The number of hydrogen-bond acceptors (Lipinski definition) is 4. The Bertz CT molecular complexity index is 946. The molecule has 8 heteroatoms. The van der Waals surface area contributed by atoms with Crippen LogP contribution in [0.15, 0.2) is 18.2 Å². The molecule has 0 unspecified atom stereocenters. The summed E-state index contributed by atoms with van der Waals surface area (Å²) in [5.41, 5.74) is 1.27. The van der Waals surface area contributed by atoms with Crippen molar-refractivity contribution in [3.63, 3.8) is 0 Å². The van der Waals surface area contributed by atoms with Gasteiger partial charge in [0.2, 0.25) is 0 Å². The Hall–Kier alpha value is -2.35. The van der Waals surface area contributed by atoms with Gasteiger partial charge in [-0.05, 0) is 38.8 Å². The first kappa shape index (κ1) is 18.4. The summed E-state index contributed by atoms with van der Waals surface area (Å²) in [6, 6.07) is 3.85. The summed E-state index contributed by atoms with van der Waals surface area (Å²) in [6.45, 7) is 10.1. The lowest BCUT2D eigenvalue weighted by atomic mass is 10.1. The summed E-state index contributed by atoms with van der Waals surface area (Å²) >= 11 is 1.08. The molecule has 0 aliphatic heterocycles. The maximum Gasteiger partial charge on any atom is 0.277 e. The Morgan fingerprint density at radius 1 is 1.19 bits per heavy atom. The van der Waals surface area contributed by atoms with Gasteiger partial charge in [0.15, 0.2) is 22.5 Å². The summed E-state index contributed by atoms with van der Waals surface area (Å²) in [5.74, 6) is -2.11. The number of nitrogens with one attached hydrogen (secondary N) is 1. The summed E-state index contributed by atoms with van der Waals surface area (Å²) in [7, 11) is 0. The number of hydrogen-bond donors (Lipinski definition) is 1. The number of fused-ring (bicyclic) bond motifs is 1. The average Bonchev–Trinajstić information content (AvgIpc) is 3.11. The van der Waals surface area contributed by atoms with Gasteiger partial charge in [0.25, 0.3) is 5.91 Å². The van der Waals surface area contributed by atoms with E-state index >= 15 is 0 Å². The largest absolute Gasteiger partial charge is 0.296 e. The Morgan fingerprint density at radius 3 is 2.42 bits per heavy atom. The molecule has 0 bridgehead atoms. The van der Waals surface area contributed by atoms with Crippen LogP contribution in [-0.4, -0.2) is 20.7 Å². The molecule has 2 aromatic heterocycles. The van der Waals surface area contributed by atoms with Gasteiger partial charge < -0.3 is 0 Å². The predicted molar refractivity (Wildman–Crippen MR) is 98.8 cm³/mol. The third kappa shape index (κ3) is 3.46. The van der Waals surface area contributed by atoms with Gasteiger partial charge in [-0.25, -0.2) is 13.8 Å². The molecule has 0 fully saturated rings.